The minimum absolute atomic E-state index is 0.170. The summed E-state index contributed by atoms with van der Waals surface area (Å²) in [5.41, 5.74) is 1.37. The van der Waals surface area contributed by atoms with Gasteiger partial charge in [-0.1, -0.05) is 53.9 Å². The molecule has 0 aliphatic carbocycles. The molecule has 2 rings (SSSR count). The van der Waals surface area contributed by atoms with Crippen molar-refractivity contribution in [1.29, 1.82) is 0 Å². The molecule has 0 spiro atoms. The van der Waals surface area contributed by atoms with Gasteiger partial charge in [0.15, 0.2) is 5.49 Å². The van der Waals surface area contributed by atoms with E-state index in [1.54, 1.807) is 18.2 Å². The van der Waals surface area contributed by atoms with Crippen molar-refractivity contribution in [3.63, 3.8) is 0 Å². The molecule has 122 valence electrons. The van der Waals surface area contributed by atoms with Crippen molar-refractivity contribution in [1.82, 2.24) is 4.73 Å². The van der Waals surface area contributed by atoms with Gasteiger partial charge < -0.3 is 5.21 Å². The number of pyridine rings is 1. The Morgan fingerprint density at radius 2 is 2.00 bits per heavy atom. The monoisotopic (exact) mass is 376 g/mol. The Hall–Kier alpha value is -1.88. The number of nitrogens with zero attached hydrogens (tertiary/aromatic N) is 2. The lowest BCUT2D eigenvalue weighted by molar-refractivity contribution is -0.122. The van der Waals surface area contributed by atoms with Crippen LogP contribution in [0.2, 0.25) is 0 Å². The fourth-order valence-corrected chi connectivity index (χ4v) is 2.65. The zero-order valence-corrected chi connectivity index (χ0v) is 14.7. The zero-order valence-electron chi connectivity index (χ0n) is 13.2. The summed E-state index contributed by atoms with van der Waals surface area (Å²) in [7, 11) is 0. The third-order valence-electron chi connectivity index (χ3n) is 3.69. The van der Waals surface area contributed by atoms with Crippen molar-refractivity contribution in [2.45, 2.75) is 32.6 Å². The highest BCUT2D eigenvalue weighted by atomic mass is 79.9. The van der Waals surface area contributed by atoms with Crippen molar-refractivity contribution >= 4 is 21.8 Å². The van der Waals surface area contributed by atoms with Crippen LogP contribution in [0.15, 0.2) is 58.1 Å². The van der Waals surface area contributed by atoms with Crippen molar-refractivity contribution < 1.29 is 10.0 Å². The molecular formula is C18H21BrN2O2. The van der Waals surface area contributed by atoms with Gasteiger partial charge >= 0.3 is 0 Å². The van der Waals surface area contributed by atoms with Crippen molar-refractivity contribution in [2.75, 3.05) is 0 Å². The Morgan fingerprint density at radius 3 is 2.65 bits per heavy atom. The van der Waals surface area contributed by atoms with Gasteiger partial charge in [0.2, 0.25) is 0 Å². The number of benzene rings is 1. The number of aromatic nitrogens is 1. The first-order valence-electron chi connectivity index (χ1n) is 7.80. The lowest BCUT2D eigenvalue weighted by Gasteiger charge is -2.13. The van der Waals surface area contributed by atoms with Crippen LogP contribution in [0.1, 0.15) is 31.7 Å². The zero-order chi connectivity index (χ0) is 16.7. The minimum Gasteiger partial charge on any atom is -0.427 e. The van der Waals surface area contributed by atoms with E-state index < -0.39 is 0 Å². The molecule has 1 aromatic carbocycles. The first-order valence-corrected chi connectivity index (χ1v) is 8.59. The molecule has 4 nitrogen and oxygen atoms in total. The first-order chi connectivity index (χ1) is 11.1. The summed E-state index contributed by atoms with van der Waals surface area (Å²) in [6, 6.07) is 13.0. The second-order valence-electron chi connectivity index (χ2n) is 5.52. The van der Waals surface area contributed by atoms with Gasteiger partial charge in [0.25, 0.3) is 5.91 Å². The summed E-state index contributed by atoms with van der Waals surface area (Å²) in [6.07, 6.45) is 4.94. The molecule has 1 aromatic heterocycles. The Labute approximate surface area is 144 Å². The van der Waals surface area contributed by atoms with Crippen LogP contribution in [-0.2, 0) is 11.2 Å². The number of amides is 1. The summed E-state index contributed by atoms with van der Waals surface area (Å²) in [5, 5.41) is 9.70. The molecule has 1 unspecified atom stereocenters. The largest absolute Gasteiger partial charge is 0.427 e. The molecule has 0 aliphatic heterocycles. The van der Waals surface area contributed by atoms with E-state index in [0.29, 0.717) is 6.42 Å². The molecule has 0 bridgehead atoms. The molecule has 0 fully saturated rings. The molecule has 0 radical (unpaired) electrons. The van der Waals surface area contributed by atoms with Gasteiger partial charge in [0.1, 0.15) is 0 Å². The Bertz CT molecular complexity index is 707. The van der Waals surface area contributed by atoms with E-state index in [2.05, 4.69) is 27.8 Å². The van der Waals surface area contributed by atoms with Gasteiger partial charge in [-0.3, -0.25) is 4.79 Å². The summed E-state index contributed by atoms with van der Waals surface area (Å²) < 4.78 is 1.89. The molecule has 0 saturated heterocycles. The van der Waals surface area contributed by atoms with Gasteiger partial charge in [0.05, 0.1) is 0 Å². The Kier molecular flexibility index (Phi) is 6.59. The van der Waals surface area contributed by atoms with Crippen LogP contribution in [0.4, 0.5) is 0 Å². The average molecular weight is 377 g/mol. The number of hydrogen-bond acceptors (Lipinski definition) is 2. The minimum atomic E-state index is -0.185. The second-order valence-corrected chi connectivity index (χ2v) is 6.44. The van der Waals surface area contributed by atoms with E-state index in [1.807, 2.05) is 24.3 Å². The quantitative estimate of drug-likeness (QED) is 0.775. The van der Waals surface area contributed by atoms with Crippen molar-refractivity contribution in [3.8, 4) is 0 Å². The number of rotatable bonds is 6. The van der Waals surface area contributed by atoms with Crippen molar-refractivity contribution in [3.05, 3.63) is 64.2 Å². The van der Waals surface area contributed by atoms with Gasteiger partial charge in [-0.15, -0.1) is 0 Å². The third kappa shape index (κ3) is 5.36. The Morgan fingerprint density at radius 1 is 1.26 bits per heavy atom. The lowest BCUT2D eigenvalue weighted by atomic mass is 9.93. The van der Waals surface area contributed by atoms with E-state index >= 15 is 0 Å². The third-order valence-corrected chi connectivity index (χ3v) is 4.22. The van der Waals surface area contributed by atoms with Crippen LogP contribution in [-0.4, -0.2) is 15.8 Å². The number of unbranched alkanes of at least 4 members (excludes halogenated alkanes) is 1. The summed E-state index contributed by atoms with van der Waals surface area (Å²) in [6.45, 7) is 2.11. The normalized spacial score (nSPS) is 13.0. The molecule has 1 atom stereocenters. The topological polar surface area (TPSA) is 54.6 Å². The highest BCUT2D eigenvalue weighted by Crippen LogP contribution is 2.19. The fraction of sp³-hybridized carbons (Fsp3) is 0.333. The average Bonchev–Trinajstić information content (AvgIpc) is 2.55. The summed E-state index contributed by atoms with van der Waals surface area (Å²) in [4.78, 5) is 16.6. The Balaban J connectivity index is 2.20. The molecular weight excluding hydrogens is 356 g/mol. The predicted molar refractivity (Wildman–Crippen MR) is 93.0 cm³/mol. The second kappa shape index (κ2) is 8.67. The highest BCUT2D eigenvalue weighted by Gasteiger charge is 2.18. The van der Waals surface area contributed by atoms with E-state index in [4.69, 9.17) is 0 Å². The highest BCUT2D eigenvalue weighted by molar-refractivity contribution is 9.10. The number of carbonyl (C=O) groups is 1. The number of carbonyl (C=O) groups excluding carboxylic acids is 1. The SMILES string of the molecule is CCCCC(Cc1ccc(Br)cc1)C(=O)N=c1ccccn1O. The molecule has 2 aromatic rings. The molecule has 23 heavy (non-hydrogen) atoms. The van der Waals surface area contributed by atoms with E-state index in [-0.39, 0.29) is 17.3 Å². The van der Waals surface area contributed by atoms with Crippen LogP contribution in [0.3, 0.4) is 0 Å². The van der Waals surface area contributed by atoms with Crippen LogP contribution < -0.4 is 5.49 Å². The summed E-state index contributed by atoms with van der Waals surface area (Å²) >= 11 is 3.42. The van der Waals surface area contributed by atoms with Gasteiger partial charge in [0, 0.05) is 16.6 Å². The lowest BCUT2D eigenvalue weighted by Crippen LogP contribution is -2.23. The summed E-state index contributed by atoms with van der Waals surface area (Å²) in [5.74, 6) is -0.355. The van der Waals surface area contributed by atoms with Gasteiger partial charge in [-0.25, -0.2) is 0 Å². The maximum absolute atomic E-state index is 12.5. The molecule has 1 N–H and O–H groups in total. The molecule has 5 heteroatoms. The predicted octanol–water partition coefficient (Wildman–Crippen LogP) is 3.96. The van der Waals surface area contributed by atoms with Gasteiger partial charge in [-0.2, -0.15) is 9.72 Å². The standard InChI is InChI=1S/C18H21BrN2O2/c1-2-3-6-15(13-14-8-10-16(19)11-9-14)18(22)20-17-7-4-5-12-21(17)23/h4-5,7-12,15,23H,2-3,6,13H2,1H3. The van der Waals surface area contributed by atoms with Crippen LogP contribution in [0, 0.1) is 5.92 Å². The van der Waals surface area contributed by atoms with Gasteiger partial charge in [-0.05, 0) is 42.7 Å². The number of halogens is 1. The van der Waals surface area contributed by atoms with E-state index in [0.717, 1.165) is 34.0 Å². The maximum atomic E-state index is 12.5. The molecule has 0 saturated carbocycles. The van der Waals surface area contributed by atoms with E-state index in [1.165, 1.54) is 6.20 Å². The van der Waals surface area contributed by atoms with Crippen LogP contribution >= 0.6 is 15.9 Å². The smallest absolute Gasteiger partial charge is 0.251 e. The number of hydrogen-bond donors (Lipinski definition) is 1. The van der Waals surface area contributed by atoms with Crippen LogP contribution in [0.25, 0.3) is 0 Å². The molecule has 0 aliphatic rings. The maximum Gasteiger partial charge on any atom is 0.251 e. The molecule has 1 amide bonds. The van der Waals surface area contributed by atoms with Crippen molar-refractivity contribution in [2.24, 2.45) is 10.9 Å². The first kappa shape index (κ1) is 17.5. The van der Waals surface area contributed by atoms with Crippen LogP contribution in [0.5, 0.6) is 0 Å². The molecule has 1 heterocycles. The fourth-order valence-electron chi connectivity index (χ4n) is 2.39. The van der Waals surface area contributed by atoms with E-state index in [9.17, 15) is 10.0 Å².